The summed E-state index contributed by atoms with van der Waals surface area (Å²) in [6.07, 6.45) is 0. The molecule has 1 unspecified atom stereocenters. The van der Waals surface area contributed by atoms with Gasteiger partial charge in [-0.3, -0.25) is 4.90 Å². The lowest BCUT2D eigenvalue weighted by molar-refractivity contribution is 0.275. The van der Waals surface area contributed by atoms with Crippen LogP contribution < -0.4 is 5.32 Å². The molecule has 0 amide bonds. The van der Waals surface area contributed by atoms with Crippen molar-refractivity contribution in [2.45, 2.75) is 19.9 Å². The molecule has 1 rings (SSSR count). The fourth-order valence-corrected chi connectivity index (χ4v) is 1.90. The third kappa shape index (κ3) is 4.24. The third-order valence-corrected chi connectivity index (χ3v) is 3.11. The number of rotatable bonds is 7. The van der Waals surface area contributed by atoms with Crippen molar-refractivity contribution in [3.63, 3.8) is 0 Å². The molecule has 2 nitrogen and oxygen atoms in total. The molecular weight excluding hydrogens is 227 g/mol. The molecule has 0 saturated heterocycles. The number of benzene rings is 1. The van der Waals surface area contributed by atoms with E-state index in [2.05, 4.69) is 23.7 Å². The molecule has 0 aliphatic rings. The average Bonchev–Trinajstić information content (AvgIpc) is 2.36. The highest BCUT2D eigenvalue weighted by Crippen LogP contribution is 2.21. The van der Waals surface area contributed by atoms with Crippen molar-refractivity contribution in [2.75, 3.05) is 26.7 Å². The molecule has 0 aliphatic heterocycles. The van der Waals surface area contributed by atoms with E-state index >= 15 is 0 Å². The molecule has 100 valence electrons. The Morgan fingerprint density at radius 2 is 2.11 bits per heavy atom. The Kier molecular flexibility index (Phi) is 6.02. The minimum Gasteiger partial charge on any atom is -0.313 e. The van der Waals surface area contributed by atoms with Gasteiger partial charge in [0.1, 0.15) is 5.82 Å². The fraction of sp³-hybridized carbons (Fsp3) is 0.467. The molecular formula is C15H23FN2. The number of likely N-dealkylation sites (N-methyl/N-ethyl adjacent to an activating group) is 2. The van der Waals surface area contributed by atoms with E-state index in [1.165, 1.54) is 6.07 Å². The van der Waals surface area contributed by atoms with Crippen LogP contribution in [-0.2, 0) is 0 Å². The third-order valence-electron chi connectivity index (χ3n) is 3.11. The zero-order chi connectivity index (χ0) is 13.5. The SMILES string of the molecule is C=C(CNCC)CN(C)C(C)c1ccccc1F. The van der Waals surface area contributed by atoms with Crippen molar-refractivity contribution >= 4 is 0 Å². The summed E-state index contributed by atoms with van der Waals surface area (Å²) in [4.78, 5) is 2.11. The first-order valence-electron chi connectivity index (χ1n) is 6.38. The molecule has 0 fully saturated rings. The van der Waals surface area contributed by atoms with E-state index in [-0.39, 0.29) is 11.9 Å². The van der Waals surface area contributed by atoms with E-state index in [1.54, 1.807) is 6.07 Å². The second kappa shape index (κ2) is 7.29. The Morgan fingerprint density at radius 3 is 2.72 bits per heavy atom. The van der Waals surface area contributed by atoms with Crippen molar-refractivity contribution in [2.24, 2.45) is 0 Å². The standard InChI is InChI=1S/C15H23FN2/c1-5-17-10-12(2)11-18(4)13(3)14-8-6-7-9-15(14)16/h6-9,13,17H,2,5,10-11H2,1,3-4H3. The van der Waals surface area contributed by atoms with E-state index in [4.69, 9.17) is 0 Å². The van der Waals surface area contributed by atoms with E-state index in [9.17, 15) is 4.39 Å². The minimum atomic E-state index is -0.144. The lowest BCUT2D eigenvalue weighted by Crippen LogP contribution is -2.28. The molecule has 1 aromatic rings. The molecule has 0 aromatic heterocycles. The molecule has 1 aromatic carbocycles. The molecule has 0 spiro atoms. The highest BCUT2D eigenvalue weighted by Gasteiger charge is 2.15. The number of nitrogens with zero attached hydrogens (tertiary/aromatic N) is 1. The maximum Gasteiger partial charge on any atom is 0.127 e. The van der Waals surface area contributed by atoms with Gasteiger partial charge in [0.2, 0.25) is 0 Å². The molecule has 0 heterocycles. The normalized spacial score (nSPS) is 12.7. The van der Waals surface area contributed by atoms with Gasteiger partial charge in [0.05, 0.1) is 0 Å². The highest BCUT2D eigenvalue weighted by atomic mass is 19.1. The van der Waals surface area contributed by atoms with Gasteiger partial charge >= 0.3 is 0 Å². The van der Waals surface area contributed by atoms with Crippen molar-refractivity contribution < 1.29 is 4.39 Å². The smallest absolute Gasteiger partial charge is 0.127 e. The van der Waals surface area contributed by atoms with Crippen LogP contribution in [0.5, 0.6) is 0 Å². The van der Waals surface area contributed by atoms with Crippen molar-refractivity contribution in [3.8, 4) is 0 Å². The van der Waals surface area contributed by atoms with Gasteiger partial charge in [0, 0.05) is 24.7 Å². The van der Waals surface area contributed by atoms with Gasteiger partial charge in [-0.1, -0.05) is 31.7 Å². The highest BCUT2D eigenvalue weighted by molar-refractivity contribution is 5.21. The van der Waals surface area contributed by atoms with Gasteiger partial charge in [0.15, 0.2) is 0 Å². The van der Waals surface area contributed by atoms with Crippen LogP contribution in [0.25, 0.3) is 0 Å². The molecule has 0 saturated carbocycles. The van der Waals surface area contributed by atoms with Crippen molar-refractivity contribution in [3.05, 3.63) is 47.8 Å². The van der Waals surface area contributed by atoms with Gasteiger partial charge in [0.25, 0.3) is 0 Å². The Hall–Kier alpha value is -1.19. The Balaban J connectivity index is 2.59. The molecule has 0 bridgehead atoms. The molecule has 1 N–H and O–H groups in total. The topological polar surface area (TPSA) is 15.3 Å². The van der Waals surface area contributed by atoms with Crippen LogP contribution in [-0.4, -0.2) is 31.6 Å². The number of hydrogen-bond donors (Lipinski definition) is 1. The van der Waals surface area contributed by atoms with Crippen LogP contribution in [0.1, 0.15) is 25.5 Å². The van der Waals surface area contributed by atoms with Gasteiger partial charge in [-0.05, 0) is 32.2 Å². The average molecular weight is 250 g/mol. The minimum absolute atomic E-state index is 0.0459. The lowest BCUT2D eigenvalue weighted by Gasteiger charge is -2.26. The predicted molar refractivity (Wildman–Crippen MR) is 75.1 cm³/mol. The maximum atomic E-state index is 13.7. The summed E-state index contributed by atoms with van der Waals surface area (Å²) < 4.78 is 13.7. The van der Waals surface area contributed by atoms with E-state index < -0.39 is 0 Å². The summed E-state index contributed by atoms with van der Waals surface area (Å²) in [5.74, 6) is -0.144. The first-order valence-corrected chi connectivity index (χ1v) is 6.38. The first kappa shape index (κ1) is 14.9. The molecule has 18 heavy (non-hydrogen) atoms. The van der Waals surface area contributed by atoms with Crippen molar-refractivity contribution in [1.29, 1.82) is 0 Å². The Morgan fingerprint density at radius 1 is 1.44 bits per heavy atom. The summed E-state index contributed by atoms with van der Waals surface area (Å²) in [6, 6.07) is 6.98. The zero-order valence-electron chi connectivity index (χ0n) is 11.5. The van der Waals surface area contributed by atoms with Gasteiger partial charge in [-0.15, -0.1) is 0 Å². The van der Waals surface area contributed by atoms with E-state index in [1.807, 2.05) is 26.1 Å². The number of nitrogens with one attached hydrogen (secondary N) is 1. The van der Waals surface area contributed by atoms with Gasteiger partial charge in [-0.2, -0.15) is 0 Å². The largest absolute Gasteiger partial charge is 0.313 e. The monoisotopic (exact) mass is 250 g/mol. The van der Waals surface area contributed by atoms with Gasteiger partial charge < -0.3 is 5.32 Å². The summed E-state index contributed by atoms with van der Waals surface area (Å²) in [6.45, 7) is 10.6. The second-order valence-electron chi connectivity index (χ2n) is 4.64. The summed E-state index contributed by atoms with van der Waals surface area (Å²) in [5.41, 5.74) is 1.85. The van der Waals surface area contributed by atoms with Crippen LogP contribution in [0, 0.1) is 5.82 Å². The van der Waals surface area contributed by atoms with Crippen LogP contribution in [0.15, 0.2) is 36.4 Å². The Labute approximate surface area is 110 Å². The maximum absolute atomic E-state index is 13.7. The first-order chi connectivity index (χ1) is 8.56. The number of halogens is 1. The van der Waals surface area contributed by atoms with E-state index in [0.717, 1.165) is 30.8 Å². The van der Waals surface area contributed by atoms with Gasteiger partial charge in [-0.25, -0.2) is 4.39 Å². The quantitative estimate of drug-likeness (QED) is 0.748. The van der Waals surface area contributed by atoms with Crippen LogP contribution in [0.4, 0.5) is 4.39 Å². The molecule has 0 aliphatic carbocycles. The summed E-state index contributed by atoms with van der Waals surface area (Å²) in [5, 5.41) is 3.24. The second-order valence-corrected chi connectivity index (χ2v) is 4.64. The molecule has 3 heteroatoms. The zero-order valence-corrected chi connectivity index (χ0v) is 11.5. The lowest BCUT2D eigenvalue weighted by atomic mass is 10.1. The van der Waals surface area contributed by atoms with Crippen LogP contribution in [0.2, 0.25) is 0 Å². The molecule has 0 radical (unpaired) electrons. The summed E-state index contributed by atoms with van der Waals surface area (Å²) >= 11 is 0. The fourth-order valence-electron chi connectivity index (χ4n) is 1.90. The van der Waals surface area contributed by atoms with E-state index in [0.29, 0.717) is 0 Å². The van der Waals surface area contributed by atoms with Crippen LogP contribution >= 0.6 is 0 Å². The summed E-state index contributed by atoms with van der Waals surface area (Å²) in [7, 11) is 1.99. The number of hydrogen-bond acceptors (Lipinski definition) is 2. The van der Waals surface area contributed by atoms with Crippen LogP contribution in [0.3, 0.4) is 0 Å². The van der Waals surface area contributed by atoms with Crippen molar-refractivity contribution in [1.82, 2.24) is 10.2 Å². The predicted octanol–water partition coefficient (Wildman–Crippen LogP) is 2.98. The Bertz CT molecular complexity index is 390. The molecule has 1 atom stereocenters.